The number of carbonyl (C=O) groups excluding carboxylic acids is 1. The summed E-state index contributed by atoms with van der Waals surface area (Å²) < 4.78 is 0. The summed E-state index contributed by atoms with van der Waals surface area (Å²) in [4.78, 5) is 29.7. The van der Waals surface area contributed by atoms with Crippen LogP contribution >= 0.6 is 11.3 Å². The van der Waals surface area contributed by atoms with Crippen molar-refractivity contribution in [1.82, 2.24) is 9.88 Å². The molecule has 1 N–H and O–H groups in total. The van der Waals surface area contributed by atoms with E-state index in [-0.39, 0.29) is 18.2 Å². The number of aromatic nitrogens is 1. The molecule has 1 aliphatic heterocycles. The highest BCUT2D eigenvalue weighted by atomic mass is 32.1. The summed E-state index contributed by atoms with van der Waals surface area (Å²) >= 11 is 1.56. The van der Waals surface area contributed by atoms with E-state index in [0.29, 0.717) is 19.5 Å². The van der Waals surface area contributed by atoms with E-state index in [2.05, 4.69) is 24.0 Å². The van der Waals surface area contributed by atoms with E-state index in [1.54, 1.807) is 11.3 Å². The molecule has 0 unspecified atom stereocenters. The number of piperidine rings is 1. The quantitative estimate of drug-likeness (QED) is 0.889. The molecule has 1 aliphatic rings. The molecule has 1 saturated heterocycles. The van der Waals surface area contributed by atoms with Gasteiger partial charge in [-0.15, -0.1) is 11.3 Å². The first-order chi connectivity index (χ1) is 12.0. The second-order valence-electron chi connectivity index (χ2n) is 6.61. The lowest BCUT2D eigenvalue weighted by Crippen LogP contribution is -2.39. The molecule has 5 nitrogen and oxygen atoms in total. The van der Waals surface area contributed by atoms with E-state index in [1.165, 1.54) is 5.56 Å². The molecule has 25 heavy (non-hydrogen) atoms. The van der Waals surface area contributed by atoms with Gasteiger partial charge in [0.2, 0.25) is 5.91 Å². The molecule has 0 radical (unpaired) electrons. The summed E-state index contributed by atoms with van der Waals surface area (Å²) in [6, 6.07) is 8.21. The van der Waals surface area contributed by atoms with Crippen LogP contribution in [-0.2, 0) is 16.0 Å². The van der Waals surface area contributed by atoms with Crippen LogP contribution < -0.4 is 0 Å². The standard InChI is InChI=1S/C19H22N2O3S/c1-13-2-4-15(5-3-13)19-20-16(12-25-19)11-17(22)21-8-6-14(7-9-21)10-18(23)24/h2-5,12,14H,6-11H2,1H3,(H,23,24). The summed E-state index contributed by atoms with van der Waals surface area (Å²) in [6.45, 7) is 3.34. The maximum atomic E-state index is 12.5. The number of likely N-dealkylation sites (tertiary alicyclic amines) is 1. The van der Waals surface area contributed by atoms with Gasteiger partial charge in [0.15, 0.2) is 0 Å². The van der Waals surface area contributed by atoms with Gasteiger partial charge in [0.1, 0.15) is 5.01 Å². The number of rotatable bonds is 5. The smallest absolute Gasteiger partial charge is 0.303 e. The van der Waals surface area contributed by atoms with Crippen LogP contribution in [0.5, 0.6) is 0 Å². The fourth-order valence-electron chi connectivity index (χ4n) is 3.12. The summed E-state index contributed by atoms with van der Waals surface area (Å²) in [6.07, 6.45) is 2.05. The average Bonchev–Trinajstić information content (AvgIpc) is 3.04. The number of hydrogen-bond donors (Lipinski definition) is 1. The zero-order valence-corrected chi connectivity index (χ0v) is 15.1. The Morgan fingerprint density at radius 3 is 2.56 bits per heavy atom. The largest absolute Gasteiger partial charge is 0.481 e. The lowest BCUT2D eigenvalue weighted by molar-refractivity contribution is -0.138. The van der Waals surface area contributed by atoms with Gasteiger partial charge in [0.05, 0.1) is 12.1 Å². The normalized spacial score (nSPS) is 15.3. The van der Waals surface area contributed by atoms with Gasteiger partial charge in [-0.1, -0.05) is 29.8 Å². The fraction of sp³-hybridized carbons (Fsp3) is 0.421. The average molecular weight is 358 g/mol. The lowest BCUT2D eigenvalue weighted by Gasteiger charge is -2.31. The minimum Gasteiger partial charge on any atom is -0.481 e. The first kappa shape index (κ1) is 17.6. The van der Waals surface area contributed by atoms with Crippen LogP contribution in [-0.4, -0.2) is 40.0 Å². The van der Waals surface area contributed by atoms with Crippen LogP contribution in [0, 0.1) is 12.8 Å². The van der Waals surface area contributed by atoms with E-state index in [1.807, 2.05) is 22.4 Å². The molecular formula is C19H22N2O3S. The predicted molar refractivity (Wildman–Crippen MR) is 97.5 cm³/mol. The highest BCUT2D eigenvalue weighted by molar-refractivity contribution is 7.13. The summed E-state index contributed by atoms with van der Waals surface area (Å²) in [7, 11) is 0. The maximum absolute atomic E-state index is 12.5. The predicted octanol–water partition coefficient (Wildman–Crippen LogP) is 3.37. The Hall–Kier alpha value is -2.21. The molecule has 0 atom stereocenters. The minimum absolute atomic E-state index is 0.0783. The maximum Gasteiger partial charge on any atom is 0.303 e. The summed E-state index contributed by atoms with van der Waals surface area (Å²) in [5, 5.41) is 11.7. The summed E-state index contributed by atoms with van der Waals surface area (Å²) in [5.74, 6) is -0.487. The Morgan fingerprint density at radius 2 is 1.92 bits per heavy atom. The molecule has 6 heteroatoms. The van der Waals surface area contributed by atoms with Gasteiger partial charge < -0.3 is 10.0 Å². The first-order valence-electron chi connectivity index (χ1n) is 8.52. The Balaban J connectivity index is 1.55. The van der Waals surface area contributed by atoms with Crippen LogP contribution in [0.1, 0.15) is 30.5 Å². The van der Waals surface area contributed by atoms with Gasteiger partial charge in [-0.25, -0.2) is 4.98 Å². The lowest BCUT2D eigenvalue weighted by atomic mass is 9.93. The Morgan fingerprint density at radius 1 is 1.24 bits per heavy atom. The molecule has 2 aromatic rings. The molecule has 2 heterocycles. The molecule has 1 aromatic heterocycles. The molecule has 1 fully saturated rings. The Labute approximate surface area is 151 Å². The first-order valence-corrected chi connectivity index (χ1v) is 9.40. The number of nitrogens with zero attached hydrogens (tertiary/aromatic N) is 2. The van der Waals surface area contributed by atoms with Gasteiger partial charge in [-0.05, 0) is 25.7 Å². The molecule has 0 spiro atoms. The van der Waals surface area contributed by atoms with Crippen molar-refractivity contribution in [2.24, 2.45) is 5.92 Å². The van der Waals surface area contributed by atoms with E-state index in [4.69, 9.17) is 5.11 Å². The van der Waals surface area contributed by atoms with Crippen molar-refractivity contribution in [3.8, 4) is 10.6 Å². The Bertz CT molecular complexity index is 746. The van der Waals surface area contributed by atoms with Crippen molar-refractivity contribution in [2.75, 3.05) is 13.1 Å². The van der Waals surface area contributed by atoms with Gasteiger partial charge >= 0.3 is 5.97 Å². The number of hydrogen-bond acceptors (Lipinski definition) is 4. The second-order valence-corrected chi connectivity index (χ2v) is 7.47. The molecule has 0 bridgehead atoms. The molecule has 1 aromatic carbocycles. The topological polar surface area (TPSA) is 70.5 Å². The number of thiazole rings is 1. The van der Waals surface area contributed by atoms with Crippen molar-refractivity contribution in [2.45, 2.75) is 32.6 Å². The van der Waals surface area contributed by atoms with E-state index < -0.39 is 5.97 Å². The number of carbonyl (C=O) groups is 2. The highest BCUT2D eigenvalue weighted by Gasteiger charge is 2.24. The monoisotopic (exact) mass is 358 g/mol. The van der Waals surface area contributed by atoms with Gasteiger partial charge in [-0.3, -0.25) is 9.59 Å². The molecule has 0 aliphatic carbocycles. The number of carboxylic acids is 1. The zero-order valence-electron chi connectivity index (χ0n) is 14.3. The van der Waals surface area contributed by atoms with Crippen LogP contribution in [0.3, 0.4) is 0 Å². The van der Waals surface area contributed by atoms with Gasteiger partial charge in [-0.2, -0.15) is 0 Å². The molecule has 132 valence electrons. The van der Waals surface area contributed by atoms with Crippen LogP contribution in [0.25, 0.3) is 10.6 Å². The number of carboxylic acid groups (broad SMARTS) is 1. The van der Waals surface area contributed by atoms with Crippen molar-refractivity contribution in [1.29, 1.82) is 0 Å². The van der Waals surface area contributed by atoms with Crippen molar-refractivity contribution in [3.05, 3.63) is 40.9 Å². The van der Waals surface area contributed by atoms with Crippen molar-refractivity contribution in [3.63, 3.8) is 0 Å². The van der Waals surface area contributed by atoms with Crippen LogP contribution in [0.2, 0.25) is 0 Å². The number of aryl methyl sites for hydroxylation is 1. The van der Waals surface area contributed by atoms with Crippen molar-refractivity contribution < 1.29 is 14.7 Å². The van der Waals surface area contributed by atoms with E-state index in [9.17, 15) is 9.59 Å². The number of amides is 1. The third kappa shape index (κ3) is 4.66. The molecule has 1 amide bonds. The number of aliphatic carboxylic acids is 1. The van der Waals surface area contributed by atoms with E-state index in [0.717, 1.165) is 29.1 Å². The highest BCUT2D eigenvalue weighted by Crippen LogP contribution is 2.25. The van der Waals surface area contributed by atoms with Crippen LogP contribution in [0.4, 0.5) is 0 Å². The number of benzene rings is 1. The van der Waals surface area contributed by atoms with Gasteiger partial charge in [0.25, 0.3) is 0 Å². The van der Waals surface area contributed by atoms with Crippen LogP contribution in [0.15, 0.2) is 29.6 Å². The SMILES string of the molecule is Cc1ccc(-c2nc(CC(=O)N3CCC(CC(=O)O)CC3)cs2)cc1. The molecule has 0 saturated carbocycles. The molecular weight excluding hydrogens is 336 g/mol. The summed E-state index contributed by atoms with van der Waals surface area (Å²) in [5.41, 5.74) is 3.09. The molecule has 3 rings (SSSR count). The fourth-order valence-corrected chi connectivity index (χ4v) is 3.94. The van der Waals surface area contributed by atoms with E-state index >= 15 is 0 Å². The zero-order chi connectivity index (χ0) is 17.8. The van der Waals surface area contributed by atoms with Crippen molar-refractivity contribution >= 4 is 23.2 Å². The second kappa shape index (κ2) is 7.78. The Kier molecular flexibility index (Phi) is 5.48. The minimum atomic E-state index is -0.754. The third-order valence-electron chi connectivity index (χ3n) is 4.61. The van der Waals surface area contributed by atoms with Gasteiger partial charge in [0, 0.05) is 30.5 Å². The third-order valence-corrected chi connectivity index (χ3v) is 5.55.